The third kappa shape index (κ3) is 4.37. The molecule has 2 aromatic rings. The molecule has 1 aromatic carbocycles. The van der Waals surface area contributed by atoms with Gasteiger partial charge in [-0.1, -0.05) is 0 Å². The number of aromatic nitrogens is 2. The summed E-state index contributed by atoms with van der Waals surface area (Å²) >= 11 is 0. The molecule has 2 fully saturated rings. The third-order valence-electron chi connectivity index (χ3n) is 6.14. The number of primary amides is 1. The van der Waals surface area contributed by atoms with Crippen LogP contribution in [0.4, 0.5) is 24.7 Å². The fourth-order valence-electron chi connectivity index (χ4n) is 4.31. The number of amides is 1. The Balaban J connectivity index is 1.54. The Bertz CT molecular complexity index is 990. The minimum Gasteiger partial charge on any atom is -0.365 e. The van der Waals surface area contributed by atoms with Gasteiger partial charge in [0, 0.05) is 24.3 Å². The van der Waals surface area contributed by atoms with Crippen molar-refractivity contribution in [2.45, 2.75) is 50.0 Å². The van der Waals surface area contributed by atoms with Gasteiger partial charge < -0.3 is 15.9 Å². The molecule has 0 unspecified atom stereocenters. The van der Waals surface area contributed by atoms with Crippen LogP contribution in [0.15, 0.2) is 30.5 Å². The SMILES string of the molecule is [C-]#[N+][C@H]1C[C@H](N2CCC2)CC[C@@H]1n1cc(C(N)=O)c(Nc2ccc(C(F)(F)F)cc2)n1. The second kappa shape index (κ2) is 8.23. The highest BCUT2D eigenvalue weighted by atomic mass is 19.4. The van der Waals surface area contributed by atoms with Crippen LogP contribution >= 0.6 is 0 Å². The molecule has 2 aliphatic rings. The zero-order valence-electron chi connectivity index (χ0n) is 16.8. The van der Waals surface area contributed by atoms with Crippen LogP contribution in [0.3, 0.4) is 0 Å². The molecule has 0 spiro atoms. The van der Waals surface area contributed by atoms with Gasteiger partial charge in [-0.25, -0.2) is 6.57 Å². The van der Waals surface area contributed by atoms with Gasteiger partial charge >= 0.3 is 6.18 Å². The lowest BCUT2D eigenvalue weighted by molar-refractivity contribution is -0.137. The largest absolute Gasteiger partial charge is 0.416 e. The fourth-order valence-corrected chi connectivity index (χ4v) is 4.31. The number of carbonyl (C=O) groups is 1. The van der Waals surface area contributed by atoms with E-state index in [9.17, 15) is 18.0 Å². The maximum absolute atomic E-state index is 12.8. The second-order valence-corrected chi connectivity index (χ2v) is 8.06. The number of nitrogens with zero attached hydrogens (tertiary/aromatic N) is 4. The summed E-state index contributed by atoms with van der Waals surface area (Å²) in [6, 6.07) is 4.40. The second-order valence-electron chi connectivity index (χ2n) is 8.06. The Morgan fingerprint density at radius 2 is 1.94 bits per heavy atom. The Morgan fingerprint density at radius 3 is 2.48 bits per heavy atom. The smallest absolute Gasteiger partial charge is 0.365 e. The molecule has 1 aliphatic carbocycles. The lowest BCUT2D eigenvalue weighted by Crippen LogP contribution is -2.49. The molecule has 10 heteroatoms. The number of alkyl halides is 3. The van der Waals surface area contributed by atoms with Crippen molar-refractivity contribution in [2.24, 2.45) is 5.73 Å². The van der Waals surface area contributed by atoms with Crippen LogP contribution in [0.1, 0.15) is 47.6 Å². The first-order valence-corrected chi connectivity index (χ1v) is 10.2. The third-order valence-corrected chi connectivity index (χ3v) is 6.14. The summed E-state index contributed by atoms with van der Waals surface area (Å²) in [5.41, 5.74) is 5.22. The maximum atomic E-state index is 12.8. The number of rotatable bonds is 5. The van der Waals surface area contributed by atoms with E-state index in [1.54, 1.807) is 4.68 Å². The van der Waals surface area contributed by atoms with E-state index in [2.05, 4.69) is 20.2 Å². The highest BCUT2D eigenvalue weighted by Gasteiger charge is 2.40. The number of benzene rings is 1. The average molecular weight is 432 g/mol. The highest BCUT2D eigenvalue weighted by Crippen LogP contribution is 2.36. The average Bonchev–Trinajstić information content (AvgIpc) is 3.10. The molecule has 1 saturated carbocycles. The lowest BCUT2D eigenvalue weighted by atomic mass is 9.85. The summed E-state index contributed by atoms with van der Waals surface area (Å²) in [6.07, 6.45) is 0.756. The Morgan fingerprint density at radius 1 is 1.23 bits per heavy atom. The van der Waals surface area contributed by atoms with Gasteiger partial charge in [-0.15, -0.1) is 0 Å². The number of nitrogens with two attached hydrogens (primary N) is 1. The van der Waals surface area contributed by atoms with E-state index in [0.717, 1.165) is 44.5 Å². The van der Waals surface area contributed by atoms with Crippen molar-refractivity contribution in [3.8, 4) is 0 Å². The minimum absolute atomic E-state index is 0.133. The van der Waals surface area contributed by atoms with Crippen molar-refractivity contribution in [3.63, 3.8) is 0 Å². The maximum Gasteiger partial charge on any atom is 0.416 e. The topological polar surface area (TPSA) is 80.5 Å². The van der Waals surface area contributed by atoms with Crippen LogP contribution in [-0.4, -0.2) is 45.8 Å². The normalized spacial score (nSPS) is 24.3. The number of carbonyl (C=O) groups excluding carboxylic acids is 1. The van der Waals surface area contributed by atoms with Crippen molar-refractivity contribution in [3.05, 3.63) is 53.0 Å². The highest BCUT2D eigenvalue weighted by molar-refractivity contribution is 5.98. The van der Waals surface area contributed by atoms with Gasteiger partial charge in [-0.3, -0.25) is 14.4 Å². The Hall–Kier alpha value is -3.06. The summed E-state index contributed by atoms with van der Waals surface area (Å²) in [5, 5.41) is 7.33. The molecule has 3 atom stereocenters. The van der Waals surface area contributed by atoms with Crippen molar-refractivity contribution in [1.82, 2.24) is 14.7 Å². The van der Waals surface area contributed by atoms with Crippen LogP contribution in [0.2, 0.25) is 0 Å². The molecule has 7 nitrogen and oxygen atoms in total. The molecule has 31 heavy (non-hydrogen) atoms. The first-order chi connectivity index (χ1) is 14.8. The van der Waals surface area contributed by atoms with E-state index >= 15 is 0 Å². The predicted octanol–water partition coefficient (Wildman–Crippen LogP) is 3.83. The summed E-state index contributed by atoms with van der Waals surface area (Å²) in [7, 11) is 0. The van der Waals surface area contributed by atoms with Crippen LogP contribution < -0.4 is 11.1 Å². The molecule has 0 radical (unpaired) electrons. The monoisotopic (exact) mass is 432 g/mol. The zero-order chi connectivity index (χ0) is 22.2. The molecule has 1 aliphatic heterocycles. The molecule has 1 saturated heterocycles. The quantitative estimate of drug-likeness (QED) is 0.704. The molecular formula is C21H23F3N6O. The van der Waals surface area contributed by atoms with Crippen molar-refractivity contribution < 1.29 is 18.0 Å². The molecule has 3 N–H and O–H groups in total. The molecule has 1 aromatic heterocycles. The van der Waals surface area contributed by atoms with Gasteiger partial charge in [-0.05, 0) is 56.6 Å². The van der Waals surface area contributed by atoms with Crippen LogP contribution in [-0.2, 0) is 6.18 Å². The number of hydrogen-bond acceptors (Lipinski definition) is 4. The number of halogens is 3. The van der Waals surface area contributed by atoms with Crippen LogP contribution in [0.25, 0.3) is 4.85 Å². The van der Waals surface area contributed by atoms with Crippen molar-refractivity contribution in [1.29, 1.82) is 0 Å². The van der Waals surface area contributed by atoms with E-state index in [-0.39, 0.29) is 23.5 Å². The number of hydrogen-bond donors (Lipinski definition) is 2. The van der Waals surface area contributed by atoms with E-state index in [1.807, 2.05) is 0 Å². The number of likely N-dealkylation sites (tertiary alicyclic amines) is 1. The number of anilines is 2. The summed E-state index contributed by atoms with van der Waals surface area (Å²) < 4.78 is 39.9. The van der Waals surface area contributed by atoms with Gasteiger partial charge in [0.1, 0.15) is 11.6 Å². The van der Waals surface area contributed by atoms with Crippen molar-refractivity contribution in [2.75, 3.05) is 18.4 Å². The molecular weight excluding hydrogens is 409 g/mol. The molecule has 0 bridgehead atoms. The first kappa shape index (κ1) is 21.2. The Labute approximate surface area is 177 Å². The standard InChI is InChI=1S/C21H23F3N6O/c1-26-17-11-15(29-9-2-10-29)7-8-18(17)30-12-16(19(25)31)20(28-30)27-14-5-3-13(4-6-14)21(22,23)24/h3-6,12,15,17-18H,2,7-11H2,(H2,25,31)(H,27,28)/t15-,17+,18+/m1/s1. The first-order valence-electron chi connectivity index (χ1n) is 10.2. The van der Waals surface area contributed by atoms with Crippen molar-refractivity contribution >= 4 is 17.4 Å². The van der Waals surface area contributed by atoms with E-state index in [4.69, 9.17) is 12.3 Å². The Kier molecular flexibility index (Phi) is 5.62. The van der Waals surface area contributed by atoms with Gasteiger partial charge in [-0.2, -0.15) is 18.3 Å². The molecule has 1 amide bonds. The summed E-state index contributed by atoms with van der Waals surface area (Å²) in [5.74, 6) is -0.532. The summed E-state index contributed by atoms with van der Waals surface area (Å²) in [6.45, 7) is 9.80. The van der Waals surface area contributed by atoms with E-state index in [0.29, 0.717) is 11.7 Å². The molecule has 2 heterocycles. The molecule has 4 rings (SSSR count). The van der Waals surface area contributed by atoms with Gasteiger partial charge in [0.25, 0.3) is 5.91 Å². The van der Waals surface area contributed by atoms with E-state index < -0.39 is 17.6 Å². The zero-order valence-corrected chi connectivity index (χ0v) is 16.8. The van der Waals surface area contributed by atoms with Gasteiger partial charge in [0.2, 0.25) is 6.04 Å². The van der Waals surface area contributed by atoms with Gasteiger partial charge in [0.05, 0.1) is 5.56 Å². The number of nitrogens with one attached hydrogen (secondary N) is 1. The van der Waals surface area contributed by atoms with Crippen LogP contribution in [0, 0.1) is 6.57 Å². The minimum atomic E-state index is -4.43. The summed E-state index contributed by atoms with van der Waals surface area (Å²) in [4.78, 5) is 18.2. The van der Waals surface area contributed by atoms with Gasteiger partial charge in [0.15, 0.2) is 5.82 Å². The fraction of sp³-hybridized carbons (Fsp3) is 0.476. The molecule has 164 valence electrons. The predicted molar refractivity (Wildman–Crippen MR) is 109 cm³/mol. The lowest BCUT2D eigenvalue weighted by Gasteiger charge is -2.42. The van der Waals surface area contributed by atoms with Crippen LogP contribution in [0.5, 0.6) is 0 Å². The van der Waals surface area contributed by atoms with E-state index in [1.165, 1.54) is 24.8 Å².